The molecule has 0 N–H and O–H groups in total. The lowest BCUT2D eigenvalue weighted by molar-refractivity contribution is 0.0580. The molecule has 2 aromatic rings. The molecule has 0 saturated carbocycles. The summed E-state index contributed by atoms with van der Waals surface area (Å²) < 4.78 is 11.0. The van der Waals surface area contributed by atoms with Gasteiger partial charge in [-0.05, 0) is 65.7 Å². The number of halogens is 2. The fraction of sp³-hybridized carbons (Fsp3) is 0.300. The standard InChI is InChI=1S/C20H21BrClNO4/c1-20(2,3)27-19(25)23(11-5-10-22)16-9-7-13-12-14(18(24)26-4)6-8-15(13)17(16)21/h5-10,12H,11H2,1-4H3/b10-5+. The minimum absolute atomic E-state index is 0.253. The van der Waals surface area contributed by atoms with Crippen LogP contribution in [-0.2, 0) is 9.47 Å². The Bertz CT molecular complexity index is 889. The van der Waals surface area contributed by atoms with E-state index >= 15 is 0 Å². The van der Waals surface area contributed by atoms with Crippen LogP contribution in [0.4, 0.5) is 10.5 Å². The Labute approximate surface area is 172 Å². The van der Waals surface area contributed by atoms with Crippen molar-refractivity contribution in [3.63, 3.8) is 0 Å². The zero-order valence-corrected chi connectivity index (χ0v) is 17.9. The van der Waals surface area contributed by atoms with Gasteiger partial charge in [0.2, 0.25) is 0 Å². The van der Waals surface area contributed by atoms with Crippen molar-refractivity contribution in [1.82, 2.24) is 0 Å². The van der Waals surface area contributed by atoms with Crippen molar-refractivity contribution in [1.29, 1.82) is 0 Å². The Hall–Kier alpha value is -2.05. The molecule has 7 heteroatoms. The molecule has 0 bridgehead atoms. The fourth-order valence-electron chi connectivity index (χ4n) is 2.47. The summed E-state index contributed by atoms with van der Waals surface area (Å²) in [5, 5.41) is 1.69. The van der Waals surface area contributed by atoms with Crippen LogP contribution >= 0.6 is 27.5 Å². The van der Waals surface area contributed by atoms with Gasteiger partial charge >= 0.3 is 12.1 Å². The first-order valence-electron chi connectivity index (χ1n) is 8.24. The Morgan fingerprint density at radius 2 is 1.93 bits per heavy atom. The predicted molar refractivity (Wildman–Crippen MR) is 112 cm³/mol. The number of ether oxygens (including phenoxy) is 2. The summed E-state index contributed by atoms with van der Waals surface area (Å²) in [5.74, 6) is -0.403. The number of methoxy groups -OCH3 is 1. The van der Waals surface area contributed by atoms with Gasteiger partial charge < -0.3 is 9.47 Å². The lowest BCUT2D eigenvalue weighted by Crippen LogP contribution is -2.37. The third-order valence-electron chi connectivity index (χ3n) is 3.64. The molecule has 144 valence electrons. The zero-order valence-electron chi connectivity index (χ0n) is 15.6. The highest BCUT2D eigenvalue weighted by molar-refractivity contribution is 9.10. The van der Waals surface area contributed by atoms with E-state index in [4.69, 9.17) is 21.1 Å². The van der Waals surface area contributed by atoms with Crippen molar-refractivity contribution in [3.05, 3.63) is 52.0 Å². The summed E-state index contributed by atoms with van der Waals surface area (Å²) in [4.78, 5) is 25.9. The van der Waals surface area contributed by atoms with Gasteiger partial charge in [-0.1, -0.05) is 29.8 Å². The topological polar surface area (TPSA) is 55.8 Å². The Morgan fingerprint density at radius 3 is 2.52 bits per heavy atom. The smallest absolute Gasteiger partial charge is 0.415 e. The molecule has 0 heterocycles. The van der Waals surface area contributed by atoms with Gasteiger partial charge in [-0.25, -0.2) is 9.59 Å². The van der Waals surface area contributed by atoms with E-state index in [0.717, 1.165) is 10.8 Å². The van der Waals surface area contributed by atoms with Crippen LogP contribution in [-0.4, -0.2) is 31.3 Å². The van der Waals surface area contributed by atoms with Gasteiger partial charge in [-0.3, -0.25) is 4.90 Å². The molecule has 0 unspecified atom stereocenters. The van der Waals surface area contributed by atoms with E-state index in [-0.39, 0.29) is 6.54 Å². The first kappa shape index (κ1) is 21.3. The number of hydrogen-bond acceptors (Lipinski definition) is 4. The quantitative estimate of drug-likeness (QED) is 0.541. The molecule has 2 rings (SSSR count). The van der Waals surface area contributed by atoms with Gasteiger partial charge in [0.05, 0.1) is 18.4 Å². The van der Waals surface area contributed by atoms with Crippen LogP contribution in [0.15, 0.2) is 46.4 Å². The summed E-state index contributed by atoms with van der Waals surface area (Å²) >= 11 is 9.23. The van der Waals surface area contributed by atoms with E-state index in [1.165, 1.54) is 17.5 Å². The fourth-order valence-corrected chi connectivity index (χ4v) is 3.25. The molecule has 0 atom stereocenters. The van der Waals surface area contributed by atoms with Crippen molar-refractivity contribution >= 4 is 56.1 Å². The van der Waals surface area contributed by atoms with Crippen LogP contribution in [0.2, 0.25) is 0 Å². The van der Waals surface area contributed by atoms with Crippen LogP contribution < -0.4 is 4.90 Å². The van der Waals surface area contributed by atoms with Crippen LogP contribution in [0.5, 0.6) is 0 Å². The van der Waals surface area contributed by atoms with Crippen molar-refractivity contribution in [3.8, 4) is 0 Å². The molecule has 0 spiro atoms. The third-order valence-corrected chi connectivity index (χ3v) is 4.65. The highest BCUT2D eigenvalue weighted by Gasteiger charge is 2.24. The van der Waals surface area contributed by atoms with Crippen LogP contribution in [0, 0.1) is 0 Å². The van der Waals surface area contributed by atoms with Gasteiger partial charge in [0.25, 0.3) is 0 Å². The van der Waals surface area contributed by atoms with Crippen LogP contribution in [0.1, 0.15) is 31.1 Å². The lowest BCUT2D eigenvalue weighted by Gasteiger charge is -2.27. The summed E-state index contributed by atoms with van der Waals surface area (Å²) in [6, 6.07) is 8.86. The maximum absolute atomic E-state index is 12.7. The number of nitrogens with zero attached hydrogens (tertiary/aromatic N) is 1. The number of anilines is 1. The van der Waals surface area contributed by atoms with Gasteiger partial charge in [-0.15, -0.1) is 0 Å². The van der Waals surface area contributed by atoms with Crippen molar-refractivity contribution < 1.29 is 19.1 Å². The molecule has 27 heavy (non-hydrogen) atoms. The van der Waals surface area contributed by atoms with E-state index in [0.29, 0.717) is 15.7 Å². The summed E-state index contributed by atoms with van der Waals surface area (Å²) in [5.41, 5.74) is 1.82. The van der Waals surface area contributed by atoms with Gasteiger partial charge in [0.15, 0.2) is 0 Å². The number of amides is 1. The van der Waals surface area contributed by atoms with E-state index in [1.54, 1.807) is 30.3 Å². The average molecular weight is 455 g/mol. The third kappa shape index (κ3) is 5.23. The van der Waals surface area contributed by atoms with E-state index in [9.17, 15) is 9.59 Å². The van der Waals surface area contributed by atoms with Gasteiger partial charge in [-0.2, -0.15) is 0 Å². The SMILES string of the molecule is COC(=O)c1ccc2c(Br)c(N(C/C=C/Cl)C(=O)OC(C)(C)C)ccc2c1. The maximum atomic E-state index is 12.7. The van der Waals surface area contributed by atoms with Crippen LogP contribution in [0.25, 0.3) is 10.8 Å². The number of benzene rings is 2. The number of fused-ring (bicyclic) bond motifs is 1. The lowest BCUT2D eigenvalue weighted by atomic mass is 10.1. The number of hydrogen-bond donors (Lipinski definition) is 0. The maximum Gasteiger partial charge on any atom is 0.415 e. The van der Waals surface area contributed by atoms with E-state index in [2.05, 4.69) is 15.9 Å². The van der Waals surface area contributed by atoms with Crippen molar-refractivity contribution in [2.45, 2.75) is 26.4 Å². The minimum Gasteiger partial charge on any atom is -0.465 e. The zero-order chi connectivity index (χ0) is 20.2. The summed E-state index contributed by atoms with van der Waals surface area (Å²) in [6.45, 7) is 5.68. The number of carbonyl (C=O) groups is 2. The van der Waals surface area contributed by atoms with Gasteiger partial charge in [0.1, 0.15) is 5.60 Å². The summed E-state index contributed by atoms with van der Waals surface area (Å²) in [6.07, 6.45) is 1.17. The predicted octanol–water partition coefficient (Wildman–Crippen LogP) is 5.88. The summed E-state index contributed by atoms with van der Waals surface area (Å²) in [7, 11) is 1.34. The molecule has 5 nitrogen and oxygen atoms in total. The first-order valence-corrected chi connectivity index (χ1v) is 9.47. The second-order valence-electron chi connectivity index (χ2n) is 6.78. The molecular weight excluding hydrogens is 434 g/mol. The first-order chi connectivity index (χ1) is 12.7. The van der Waals surface area contributed by atoms with E-state index < -0.39 is 17.7 Å². The number of carbonyl (C=O) groups excluding carboxylic acids is 2. The van der Waals surface area contributed by atoms with E-state index in [1.807, 2.05) is 26.8 Å². The highest BCUT2D eigenvalue weighted by atomic mass is 79.9. The molecule has 0 aliphatic rings. The van der Waals surface area contributed by atoms with Gasteiger partial charge in [0, 0.05) is 16.6 Å². The largest absolute Gasteiger partial charge is 0.465 e. The second-order valence-corrected chi connectivity index (χ2v) is 7.82. The molecule has 0 fully saturated rings. The average Bonchev–Trinajstić information content (AvgIpc) is 2.61. The molecule has 0 aromatic heterocycles. The molecule has 0 aliphatic carbocycles. The normalized spacial score (nSPS) is 11.6. The molecule has 0 aliphatic heterocycles. The molecular formula is C20H21BrClNO4. The molecule has 1 amide bonds. The molecule has 0 saturated heterocycles. The Balaban J connectivity index is 2.50. The Kier molecular flexibility index (Phi) is 6.89. The second kappa shape index (κ2) is 8.76. The number of rotatable bonds is 4. The van der Waals surface area contributed by atoms with Crippen molar-refractivity contribution in [2.75, 3.05) is 18.6 Å². The molecule has 0 radical (unpaired) electrons. The monoisotopic (exact) mass is 453 g/mol. The van der Waals surface area contributed by atoms with Crippen molar-refractivity contribution in [2.24, 2.45) is 0 Å². The Morgan fingerprint density at radius 1 is 1.22 bits per heavy atom. The number of esters is 1. The van der Waals surface area contributed by atoms with Crippen LogP contribution in [0.3, 0.4) is 0 Å². The molecule has 2 aromatic carbocycles. The minimum atomic E-state index is -0.626. The highest BCUT2D eigenvalue weighted by Crippen LogP contribution is 2.35.